The quantitative estimate of drug-likeness (QED) is 0.884. The highest BCUT2D eigenvalue weighted by Gasteiger charge is 2.56. The van der Waals surface area contributed by atoms with E-state index in [0.717, 1.165) is 0 Å². The first-order valence-electron chi connectivity index (χ1n) is 5.69. The zero-order chi connectivity index (χ0) is 15.8. The normalized spacial score (nSPS) is 22.0. The minimum atomic E-state index is -5.03. The average Bonchev–Trinajstić information content (AvgIpc) is 2.80. The molecule has 1 aliphatic heterocycles. The summed E-state index contributed by atoms with van der Waals surface area (Å²) in [4.78, 5) is 22.3. The van der Waals surface area contributed by atoms with Crippen molar-refractivity contribution in [3.63, 3.8) is 0 Å². The maximum absolute atomic E-state index is 12.9. The number of anilines is 1. The van der Waals surface area contributed by atoms with Crippen LogP contribution in [0.5, 0.6) is 0 Å². The number of carboxylic acids is 2. The molecule has 9 heteroatoms. The van der Waals surface area contributed by atoms with Gasteiger partial charge < -0.3 is 10.2 Å². The summed E-state index contributed by atoms with van der Waals surface area (Å²) < 4.78 is 38.6. The van der Waals surface area contributed by atoms with E-state index in [1.165, 1.54) is 24.3 Å². The van der Waals surface area contributed by atoms with Crippen LogP contribution < -0.4 is 5.01 Å². The Morgan fingerprint density at radius 2 is 1.67 bits per heavy atom. The molecule has 1 aromatic carbocycles. The van der Waals surface area contributed by atoms with Crippen molar-refractivity contribution in [1.82, 2.24) is 0 Å². The maximum atomic E-state index is 12.9. The SMILES string of the molecule is O=C(O)[C@H]1C(C(F)(F)F)=NN(c2ccccc2)[C@H]1C(=O)O. The first-order valence-corrected chi connectivity index (χ1v) is 5.69. The monoisotopic (exact) mass is 302 g/mol. The van der Waals surface area contributed by atoms with Crippen molar-refractivity contribution >= 4 is 23.3 Å². The minimum absolute atomic E-state index is 0.0652. The van der Waals surface area contributed by atoms with E-state index >= 15 is 0 Å². The molecular weight excluding hydrogens is 293 g/mol. The molecule has 6 nitrogen and oxygen atoms in total. The van der Waals surface area contributed by atoms with Crippen molar-refractivity contribution in [2.75, 3.05) is 5.01 Å². The van der Waals surface area contributed by atoms with Crippen LogP contribution in [0.1, 0.15) is 0 Å². The van der Waals surface area contributed by atoms with Crippen LogP contribution in [0.2, 0.25) is 0 Å². The van der Waals surface area contributed by atoms with Crippen LogP contribution in [0, 0.1) is 5.92 Å². The van der Waals surface area contributed by atoms with E-state index in [1.807, 2.05) is 0 Å². The van der Waals surface area contributed by atoms with Gasteiger partial charge in [-0.1, -0.05) is 18.2 Å². The zero-order valence-electron chi connectivity index (χ0n) is 10.3. The molecule has 1 aromatic rings. The predicted molar refractivity (Wildman–Crippen MR) is 65.0 cm³/mol. The van der Waals surface area contributed by atoms with Gasteiger partial charge in [-0.05, 0) is 12.1 Å². The van der Waals surface area contributed by atoms with Crippen molar-refractivity contribution in [2.24, 2.45) is 11.0 Å². The van der Waals surface area contributed by atoms with E-state index in [4.69, 9.17) is 10.2 Å². The van der Waals surface area contributed by atoms with Gasteiger partial charge in [-0.15, -0.1) is 0 Å². The standard InChI is InChI=1S/C12H9F3N2O4/c13-12(14,15)9-7(10(18)19)8(11(20)21)17(16-9)6-4-2-1-3-5-6/h1-5,7-8H,(H,18,19)(H,20,21)/t7-,8-/m1/s1. The molecule has 0 bridgehead atoms. The third-order valence-electron chi connectivity index (χ3n) is 2.92. The smallest absolute Gasteiger partial charge is 0.432 e. The molecule has 2 N–H and O–H groups in total. The zero-order valence-corrected chi connectivity index (χ0v) is 10.3. The second-order valence-corrected chi connectivity index (χ2v) is 4.26. The number of hydrogen-bond acceptors (Lipinski definition) is 4. The van der Waals surface area contributed by atoms with Gasteiger partial charge in [-0.2, -0.15) is 18.3 Å². The summed E-state index contributed by atoms with van der Waals surface area (Å²) in [6, 6.07) is 5.27. The van der Waals surface area contributed by atoms with Crippen LogP contribution in [-0.2, 0) is 9.59 Å². The highest BCUT2D eigenvalue weighted by molar-refractivity contribution is 6.11. The lowest BCUT2D eigenvalue weighted by molar-refractivity contribution is -0.148. The Kier molecular flexibility index (Phi) is 3.58. The number of hydrogen-bond donors (Lipinski definition) is 2. The van der Waals surface area contributed by atoms with Crippen LogP contribution in [-0.4, -0.2) is 40.1 Å². The van der Waals surface area contributed by atoms with Crippen LogP contribution in [0.3, 0.4) is 0 Å². The van der Waals surface area contributed by atoms with Gasteiger partial charge in [0.2, 0.25) is 0 Å². The van der Waals surface area contributed by atoms with Gasteiger partial charge in [0, 0.05) is 0 Å². The van der Waals surface area contributed by atoms with Crippen LogP contribution in [0.4, 0.5) is 18.9 Å². The van der Waals surface area contributed by atoms with Gasteiger partial charge in [0.1, 0.15) is 5.92 Å². The molecular formula is C12H9F3N2O4. The number of carbonyl (C=O) groups is 2. The lowest BCUT2D eigenvalue weighted by Crippen LogP contribution is -2.46. The summed E-state index contributed by atoms with van der Waals surface area (Å²) >= 11 is 0. The van der Waals surface area contributed by atoms with Crippen molar-refractivity contribution in [3.05, 3.63) is 30.3 Å². The molecule has 112 valence electrons. The Morgan fingerprint density at radius 3 is 2.10 bits per heavy atom. The predicted octanol–water partition coefficient (Wildman–Crippen LogP) is 1.58. The number of para-hydroxylation sites is 1. The van der Waals surface area contributed by atoms with Gasteiger partial charge in [0.25, 0.3) is 0 Å². The summed E-state index contributed by atoms with van der Waals surface area (Å²) in [5, 5.41) is 21.8. The molecule has 0 saturated heterocycles. The number of halogens is 3. The molecule has 0 aromatic heterocycles. The van der Waals surface area contributed by atoms with Gasteiger partial charge in [0.15, 0.2) is 11.8 Å². The largest absolute Gasteiger partial charge is 0.481 e. The molecule has 0 radical (unpaired) electrons. The molecule has 0 fully saturated rings. The number of aliphatic carboxylic acids is 2. The molecule has 0 spiro atoms. The van der Waals surface area contributed by atoms with Crippen LogP contribution in [0.25, 0.3) is 0 Å². The molecule has 21 heavy (non-hydrogen) atoms. The molecule has 0 aliphatic carbocycles. The third kappa shape index (κ3) is 2.67. The number of hydrazone groups is 1. The Morgan fingerprint density at radius 1 is 1.10 bits per heavy atom. The first-order chi connectivity index (χ1) is 9.73. The fraction of sp³-hybridized carbons (Fsp3) is 0.250. The first kappa shape index (κ1) is 14.8. The Bertz CT molecular complexity index is 600. The van der Waals surface area contributed by atoms with Gasteiger partial charge in [-0.3, -0.25) is 4.79 Å². The lowest BCUT2D eigenvalue weighted by atomic mass is 9.95. The number of rotatable bonds is 3. The topological polar surface area (TPSA) is 90.2 Å². The summed E-state index contributed by atoms with van der Waals surface area (Å²) in [6.45, 7) is 0. The van der Waals surface area contributed by atoms with Gasteiger partial charge in [-0.25, -0.2) is 9.80 Å². The number of nitrogens with zero attached hydrogens (tertiary/aromatic N) is 2. The van der Waals surface area contributed by atoms with Crippen molar-refractivity contribution < 1.29 is 33.0 Å². The minimum Gasteiger partial charge on any atom is -0.481 e. The highest BCUT2D eigenvalue weighted by atomic mass is 19.4. The van der Waals surface area contributed by atoms with Crippen molar-refractivity contribution in [1.29, 1.82) is 0 Å². The Hall–Kier alpha value is -2.58. The molecule has 0 amide bonds. The fourth-order valence-electron chi connectivity index (χ4n) is 2.06. The van der Waals surface area contributed by atoms with E-state index in [1.54, 1.807) is 6.07 Å². The summed E-state index contributed by atoms with van der Waals surface area (Å²) in [5.74, 6) is -5.88. The van der Waals surface area contributed by atoms with Crippen molar-refractivity contribution in [3.8, 4) is 0 Å². The van der Waals surface area contributed by atoms with E-state index in [-0.39, 0.29) is 5.69 Å². The molecule has 2 atom stereocenters. The number of benzene rings is 1. The Labute approximate surface area is 116 Å². The number of alkyl halides is 3. The summed E-state index contributed by atoms with van der Waals surface area (Å²) in [5.41, 5.74) is -1.57. The molecule has 0 saturated carbocycles. The van der Waals surface area contributed by atoms with Crippen LogP contribution >= 0.6 is 0 Å². The summed E-state index contributed by atoms with van der Waals surface area (Å²) in [6.07, 6.45) is -5.03. The molecule has 1 heterocycles. The summed E-state index contributed by atoms with van der Waals surface area (Å²) in [7, 11) is 0. The molecule has 2 rings (SSSR count). The van der Waals surface area contributed by atoms with E-state index in [0.29, 0.717) is 5.01 Å². The Balaban J connectivity index is 2.56. The molecule has 1 aliphatic rings. The average molecular weight is 302 g/mol. The molecule has 0 unspecified atom stereocenters. The van der Waals surface area contributed by atoms with Gasteiger partial charge in [0.05, 0.1) is 5.69 Å². The lowest BCUT2D eigenvalue weighted by Gasteiger charge is -2.22. The number of carboxylic acid groups (broad SMARTS) is 2. The van der Waals surface area contributed by atoms with E-state index < -0.39 is 35.8 Å². The fourth-order valence-corrected chi connectivity index (χ4v) is 2.06. The second kappa shape index (κ2) is 5.08. The second-order valence-electron chi connectivity index (χ2n) is 4.26. The highest BCUT2D eigenvalue weighted by Crippen LogP contribution is 2.35. The van der Waals surface area contributed by atoms with Crippen LogP contribution in [0.15, 0.2) is 35.4 Å². The van der Waals surface area contributed by atoms with E-state index in [2.05, 4.69) is 5.10 Å². The van der Waals surface area contributed by atoms with Gasteiger partial charge >= 0.3 is 18.1 Å². The third-order valence-corrected chi connectivity index (χ3v) is 2.92. The van der Waals surface area contributed by atoms with E-state index in [9.17, 15) is 22.8 Å². The maximum Gasteiger partial charge on any atom is 0.432 e. The van der Waals surface area contributed by atoms with Crippen molar-refractivity contribution in [2.45, 2.75) is 12.2 Å².